The molecular formula is C17H24N4O2. The second-order valence-electron chi connectivity index (χ2n) is 6.30. The molecule has 1 heterocycles. The summed E-state index contributed by atoms with van der Waals surface area (Å²) < 4.78 is 1.38. The van der Waals surface area contributed by atoms with Crippen LogP contribution in [0.1, 0.15) is 37.7 Å². The Balaban J connectivity index is 2.43. The Labute approximate surface area is 135 Å². The van der Waals surface area contributed by atoms with Gasteiger partial charge in [-0.05, 0) is 25.3 Å². The highest BCUT2D eigenvalue weighted by molar-refractivity contribution is 6.04. The van der Waals surface area contributed by atoms with Crippen LogP contribution < -0.4 is 16.6 Å². The predicted octanol–water partition coefficient (Wildman–Crippen LogP) is 1.52. The standard InChI is InChI=1S/C17H24N4O2/c1-11(2)10-21-17(23)14-7-5-4-6-13(14)15(20-21)16(22)19-9-8-12(3)18/h4-7,11-12H,8-10,18H2,1-3H3,(H,19,22). The number of fused-ring (bicyclic) bond motifs is 1. The number of carbonyl (C=O) groups excluding carboxylic acids is 1. The maximum Gasteiger partial charge on any atom is 0.274 e. The quantitative estimate of drug-likeness (QED) is 0.845. The fraction of sp³-hybridized carbons (Fsp3) is 0.471. The van der Waals surface area contributed by atoms with E-state index in [0.29, 0.717) is 30.3 Å². The van der Waals surface area contributed by atoms with Gasteiger partial charge in [0.1, 0.15) is 0 Å². The van der Waals surface area contributed by atoms with Crippen molar-refractivity contribution in [1.29, 1.82) is 0 Å². The zero-order chi connectivity index (χ0) is 17.0. The Morgan fingerprint density at radius 1 is 1.26 bits per heavy atom. The van der Waals surface area contributed by atoms with Crippen molar-refractivity contribution < 1.29 is 4.79 Å². The van der Waals surface area contributed by atoms with E-state index in [2.05, 4.69) is 10.4 Å². The number of benzene rings is 1. The minimum atomic E-state index is -0.278. The average molecular weight is 316 g/mol. The van der Waals surface area contributed by atoms with Gasteiger partial charge in [0, 0.05) is 24.5 Å². The number of carbonyl (C=O) groups is 1. The number of hydrogen-bond acceptors (Lipinski definition) is 4. The molecule has 2 rings (SSSR count). The van der Waals surface area contributed by atoms with Crippen LogP contribution in [0.15, 0.2) is 29.1 Å². The Hall–Kier alpha value is -2.21. The molecule has 3 N–H and O–H groups in total. The van der Waals surface area contributed by atoms with E-state index in [1.54, 1.807) is 24.3 Å². The molecule has 6 heteroatoms. The van der Waals surface area contributed by atoms with E-state index in [9.17, 15) is 9.59 Å². The highest BCUT2D eigenvalue weighted by Crippen LogP contribution is 2.13. The van der Waals surface area contributed by atoms with Crippen molar-refractivity contribution in [2.24, 2.45) is 11.7 Å². The average Bonchev–Trinajstić information content (AvgIpc) is 2.49. The lowest BCUT2D eigenvalue weighted by Gasteiger charge is -2.13. The van der Waals surface area contributed by atoms with Gasteiger partial charge in [0.2, 0.25) is 0 Å². The van der Waals surface area contributed by atoms with Gasteiger partial charge in [-0.2, -0.15) is 5.10 Å². The lowest BCUT2D eigenvalue weighted by atomic mass is 10.1. The highest BCUT2D eigenvalue weighted by Gasteiger charge is 2.16. The van der Waals surface area contributed by atoms with Crippen molar-refractivity contribution in [1.82, 2.24) is 15.1 Å². The van der Waals surface area contributed by atoms with E-state index in [0.717, 1.165) is 0 Å². The molecule has 1 aromatic heterocycles. The summed E-state index contributed by atoms with van der Waals surface area (Å²) in [7, 11) is 0. The maximum absolute atomic E-state index is 12.5. The molecule has 0 aliphatic carbocycles. The number of nitrogens with zero attached hydrogens (tertiary/aromatic N) is 2. The number of hydrogen-bond donors (Lipinski definition) is 2. The van der Waals surface area contributed by atoms with Crippen LogP contribution in [0.25, 0.3) is 10.8 Å². The van der Waals surface area contributed by atoms with Crippen LogP contribution in [-0.4, -0.2) is 28.3 Å². The van der Waals surface area contributed by atoms with Gasteiger partial charge in [0.05, 0.1) is 5.39 Å². The SMILES string of the molecule is CC(C)Cn1nc(C(=O)NCCC(C)N)c2ccccc2c1=O. The number of aromatic nitrogens is 2. The van der Waals surface area contributed by atoms with Crippen LogP contribution >= 0.6 is 0 Å². The van der Waals surface area contributed by atoms with Gasteiger partial charge in [0.25, 0.3) is 11.5 Å². The molecule has 1 atom stereocenters. The van der Waals surface area contributed by atoms with Gasteiger partial charge in [-0.15, -0.1) is 0 Å². The Kier molecular flexibility index (Phi) is 5.50. The fourth-order valence-electron chi connectivity index (χ4n) is 2.37. The molecule has 0 saturated carbocycles. The van der Waals surface area contributed by atoms with E-state index in [4.69, 9.17) is 5.73 Å². The summed E-state index contributed by atoms with van der Waals surface area (Å²) in [5.41, 5.74) is 5.81. The summed E-state index contributed by atoms with van der Waals surface area (Å²) in [5.74, 6) is -0.0188. The Morgan fingerprint density at radius 2 is 1.91 bits per heavy atom. The molecule has 0 fully saturated rings. The second kappa shape index (κ2) is 7.37. The third-order valence-corrected chi connectivity index (χ3v) is 3.51. The Bertz CT molecular complexity index is 750. The van der Waals surface area contributed by atoms with Gasteiger partial charge in [-0.25, -0.2) is 4.68 Å². The number of nitrogens with two attached hydrogens (primary N) is 1. The minimum absolute atomic E-state index is 0.0231. The number of nitrogens with one attached hydrogen (secondary N) is 1. The van der Waals surface area contributed by atoms with Gasteiger partial charge in [0.15, 0.2) is 5.69 Å². The normalized spacial score (nSPS) is 12.6. The first kappa shape index (κ1) is 17.1. The number of rotatable bonds is 6. The molecule has 0 aliphatic heterocycles. The van der Waals surface area contributed by atoms with E-state index >= 15 is 0 Å². The van der Waals surface area contributed by atoms with E-state index in [-0.39, 0.29) is 29.1 Å². The molecule has 1 aromatic carbocycles. The summed E-state index contributed by atoms with van der Waals surface area (Å²) in [6, 6.07) is 7.10. The second-order valence-corrected chi connectivity index (χ2v) is 6.30. The molecule has 124 valence electrons. The smallest absolute Gasteiger partial charge is 0.274 e. The topological polar surface area (TPSA) is 90.0 Å². The van der Waals surface area contributed by atoms with Crippen molar-refractivity contribution in [3.05, 3.63) is 40.3 Å². The van der Waals surface area contributed by atoms with Crippen molar-refractivity contribution in [3.63, 3.8) is 0 Å². The minimum Gasteiger partial charge on any atom is -0.351 e. The first-order chi connectivity index (χ1) is 10.9. The molecule has 0 spiro atoms. The molecule has 1 unspecified atom stereocenters. The summed E-state index contributed by atoms with van der Waals surface area (Å²) in [5, 5.41) is 8.22. The fourth-order valence-corrected chi connectivity index (χ4v) is 2.37. The molecule has 0 radical (unpaired) electrons. The first-order valence-corrected chi connectivity index (χ1v) is 7.93. The third-order valence-electron chi connectivity index (χ3n) is 3.51. The number of amides is 1. The van der Waals surface area contributed by atoms with Crippen molar-refractivity contribution in [3.8, 4) is 0 Å². The lowest BCUT2D eigenvalue weighted by molar-refractivity contribution is 0.0947. The van der Waals surface area contributed by atoms with Crippen molar-refractivity contribution >= 4 is 16.7 Å². The first-order valence-electron chi connectivity index (χ1n) is 7.93. The van der Waals surface area contributed by atoms with Crippen LogP contribution in [0.3, 0.4) is 0 Å². The maximum atomic E-state index is 12.5. The van der Waals surface area contributed by atoms with E-state index in [1.165, 1.54) is 4.68 Å². The molecule has 6 nitrogen and oxygen atoms in total. The molecular weight excluding hydrogens is 292 g/mol. The third kappa shape index (κ3) is 4.16. The van der Waals surface area contributed by atoms with E-state index in [1.807, 2.05) is 20.8 Å². The van der Waals surface area contributed by atoms with Crippen LogP contribution in [0, 0.1) is 5.92 Å². The predicted molar refractivity (Wildman–Crippen MR) is 91.4 cm³/mol. The zero-order valence-corrected chi connectivity index (χ0v) is 13.9. The van der Waals surface area contributed by atoms with Crippen LogP contribution in [-0.2, 0) is 6.54 Å². The van der Waals surface area contributed by atoms with Gasteiger partial charge >= 0.3 is 0 Å². The molecule has 23 heavy (non-hydrogen) atoms. The van der Waals surface area contributed by atoms with Gasteiger partial charge in [-0.3, -0.25) is 9.59 Å². The molecule has 1 amide bonds. The monoisotopic (exact) mass is 316 g/mol. The molecule has 2 aromatic rings. The zero-order valence-electron chi connectivity index (χ0n) is 13.9. The van der Waals surface area contributed by atoms with Gasteiger partial charge in [-0.1, -0.05) is 32.0 Å². The lowest BCUT2D eigenvalue weighted by Crippen LogP contribution is -2.33. The van der Waals surface area contributed by atoms with Crippen LogP contribution in [0.5, 0.6) is 0 Å². The highest BCUT2D eigenvalue weighted by atomic mass is 16.2. The largest absolute Gasteiger partial charge is 0.351 e. The summed E-state index contributed by atoms with van der Waals surface area (Å²) in [4.78, 5) is 25.0. The molecule has 0 aliphatic rings. The van der Waals surface area contributed by atoms with Crippen molar-refractivity contribution in [2.45, 2.75) is 39.8 Å². The van der Waals surface area contributed by atoms with Crippen LogP contribution in [0.4, 0.5) is 0 Å². The van der Waals surface area contributed by atoms with Crippen LogP contribution in [0.2, 0.25) is 0 Å². The summed E-state index contributed by atoms with van der Waals surface area (Å²) in [6.45, 7) is 6.86. The van der Waals surface area contributed by atoms with Gasteiger partial charge < -0.3 is 11.1 Å². The van der Waals surface area contributed by atoms with E-state index < -0.39 is 0 Å². The van der Waals surface area contributed by atoms with Crippen molar-refractivity contribution in [2.75, 3.05) is 6.54 Å². The molecule has 0 saturated heterocycles. The summed E-state index contributed by atoms with van der Waals surface area (Å²) in [6.07, 6.45) is 0.690. The molecule has 0 bridgehead atoms. The summed E-state index contributed by atoms with van der Waals surface area (Å²) >= 11 is 0. The Morgan fingerprint density at radius 3 is 2.52 bits per heavy atom.